The van der Waals surface area contributed by atoms with E-state index in [0.717, 1.165) is 13.0 Å². The fourth-order valence-electron chi connectivity index (χ4n) is 1.92. The van der Waals surface area contributed by atoms with E-state index in [1.54, 1.807) is 0 Å². The number of benzene rings is 1. The summed E-state index contributed by atoms with van der Waals surface area (Å²) in [5.74, 6) is -0.186. The third-order valence-electron chi connectivity index (χ3n) is 3.00. The van der Waals surface area contributed by atoms with Crippen molar-refractivity contribution < 1.29 is 9.50 Å². The lowest BCUT2D eigenvalue weighted by Crippen LogP contribution is -2.32. The topological polar surface area (TPSA) is 35.5 Å². The van der Waals surface area contributed by atoms with Crippen LogP contribution in [0.25, 0.3) is 0 Å². The van der Waals surface area contributed by atoms with Gasteiger partial charge in [0.25, 0.3) is 0 Å². The van der Waals surface area contributed by atoms with Crippen LogP contribution in [0.15, 0.2) is 18.2 Å². The minimum Gasteiger partial charge on any atom is -0.508 e. The number of nitrogens with one attached hydrogen (secondary N) is 1. The summed E-state index contributed by atoms with van der Waals surface area (Å²) < 4.78 is 13.2. The summed E-state index contributed by atoms with van der Waals surface area (Å²) in [7, 11) is 4.07. The van der Waals surface area contributed by atoms with Crippen molar-refractivity contribution in [1.29, 1.82) is 0 Å². The molecule has 1 aromatic carbocycles. The van der Waals surface area contributed by atoms with Gasteiger partial charge in [-0.05, 0) is 59.1 Å². The Labute approximate surface area is 109 Å². The zero-order chi connectivity index (χ0) is 13.7. The van der Waals surface area contributed by atoms with E-state index in [1.807, 2.05) is 21.0 Å². The molecule has 102 valence electrons. The van der Waals surface area contributed by atoms with Gasteiger partial charge in [-0.1, -0.05) is 0 Å². The standard InChI is InChI=1S/C14H23FN2O/c1-10(7-8-17(3)4)16-11(2)13-9-12(15)5-6-14(13)18/h5-6,9-11,16,18H,7-8H2,1-4H3. The van der Waals surface area contributed by atoms with Gasteiger partial charge >= 0.3 is 0 Å². The molecule has 0 amide bonds. The van der Waals surface area contributed by atoms with E-state index in [-0.39, 0.29) is 17.6 Å². The number of rotatable bonds is 6. The van der Waals surface area contributed by atoms with E-state index in [9.17, 15) is 9.50 Å². The monoisotopic (exact) mass is 254 g/mol. The molecule has 0 radical (unpaired) electrons. The molecule has 0 spiro atoms. The Hall–Kier alpha value is -1.13. The average molecular weight is 254 g/mol. The van der Waals surface area contributed by atoms with Crippen molar-refractivity contribution in [3.05, 3.63) is 29.6 Å². The fourth-order valence-corrected chi connectivity index (χ4v) is 1.92. The third kappa shape index (κ3) is 4.63. The number of hydrogen-bond donors (Lipinski definition) is 2. The Morgan fingerprint density at radius 2 is 2.00 bits per heavy atom. The van der Waals surface area contributed by atoms with Gasteiger partial charge in [-0.15, -0.1) is 0 Å². The van der Waals surface area contributed by atoms with Crippen LogP contribution in [0.2, 0.25) is 0 Å². The molecule has 0 saturated heterocycles. The van der Waals surface area contributed by atoms with E-state index in [4.69, 9.17) is 0 Å². The molecule has 0 fully saturated rings. The van der Waals surface area contributed by atoms with Gasteiger partial charge in [-0.3, -0.25) is 0 Å². The summed E-state index contributed by atoms with van der Waals surface area (Å²) in [5.41, 5.74) is 0.603. The van der Waals surface area contributed by atoms with Crippen LogP contribution in [0.5, 0.6) is 5.75 Å². The molecule has 0 bridgehead atoms. The summed E-state index contributed by atoms with van der Waals surface area (Å²) in [6, 6.07) is 4.28. The molecular weight excluding hydrogens is 231 g/mol. The van der Waals surface area contributed by atoms with Crippen LogP contribution in [-0.2, 0) is 0 Å². The molecule has 3 nitrogen and oxygen atoms in total. The Bertz CT molecular complexity index is 382. The molecule has 2 atom stereocenters. The van der Waals surface area contributed by atoms with Gasteiger partial charge in [0.1, 0.15) is 11.6 Å². The quantitative estimate of drug-likeness (QED) is 0.819. The van der Waals surface area contributed by atoms with Gasteiger partial charge < -0.3 is 15.3 Å². The highest BCUT2D eigenvalue weighted by Crippen LogP contribution is 2.25. The molecule has 2 N–H and O–H groups in total. The highest BCUT2D eigenvalue weighted by Gasteiger charge is 2.13. The van der Waals surface area contributed by atoms with Crippen LogP contribution >= 0.6 is 0 Å². The third-order valence-corrected chi connectivity index (χ3v) is 3.00. The van der Waals surface area contributed by atoms with Crippen LogP contribution in [0, 0.1) is 5.82 Å². The molecule has 1 aromatic rings. The van der Waals surface area contributed by atoms with E-state index in [2.05, 4.69) is 17.1 Å². The second-order valence-corrected chi connectivity index (χ2v) is 5.08. The normalized spacial score (nSPS) is 14.8. The maximum absolute atomic E-state index is 13.2. The Morgan fingerprint density at radius 3 is 2.61 bits per heavy atom. The van der Waals surface area contributed by atoms with Crippen molar-refractivity contribution in [2.24, 2.45) is 0 Å². The second kappa shape index (κ2) is 6.71. The first-order valence-electron chi connectivity index (χ1n) is 6.29. The second-order valence-electron chi connectivity index (χ2n) is 5.08. The van der Waals surface area contributed by atoms with Gasteiger partial charge in [0.2, 0.25) is 0 Å². The van der Waals surface area contributed by atoms with Gasteiger partial charge in [-0.2, -0.15) is 0 Å². The molecule has 0 aliphatic heterocycles. The molecule has 18 heavy (non-hydrogen) atoms. The first-order valence-corrected chi connectivity index (χ1v) is 6.29. The van der Waals surface area contributed by atoms with Crippen molar-refractivity contribution in [1.82, 2.24) is 10.2 Å². The molecular formula is C14H23FN2O. The van der Waals surface area contributed by atoms with E-state index in [0.29, 0.717) is 11.6 Å². The number of halogens is 1. The Kier molecular flexibility index (Phi) is 5.56. The molecule has 0 aliphatic carbocycles. The van der Waals surface area contributed by atoms with Crippen LogP contribution in [-0.4, -0.2) is 36.7 Å². The minimum atomic E-state index is -0.322. The summed E-state index contributed by atoms with van der Waals surface area (Å²) in [5, 5.41) is 13.1. The summed E-state index contributed by atoms with van der Waals surface area (Å²) >= 11 is 0. The molecule has 0 heterocycles. The first-order chi connectivity index (χ1) is 8.40. The lowest BCUT2D eigenvalue weighted by atomic mass is 10.1. The number of nitrogens with zero attached hydrogens (tertiary/aromatic N) is 1. The first kappa shape index (κ1) is 14.9. The van der Waals surface area contributed by atoms with Crippen molar-refractivity contribution in [3.8, 4) is 5.75 Å². The largest absolute Gasteiger partial charge is 0.508 e. The number of phenolic OH excluding ortho intramolecular Hbond substituents is 1. The number of phenols is 1. The van der Waals surface area contributed by atoms with Crippen LogP contribution < -0.4 is 5.32 Å². The Morgan fingerprint density at radius 1 is 1.33 bits per heavy atom. The van der Waals surface area contributed by atoms with Crippen LogP contribution in [0.1, 0.15) is 31.9 Å². The summed E-state index contributed by atoms with van der Waals surface area (Å²) in [6.07, 6.45) is 1.01. The van der Waals surface area contributed by atoms with E-state index < -0.39 is 0 Å². The van der Waals surface area contributed by atoms with Crippen molar-refractivity contribution in [2.75, 3.05) is 20.6 Å². The van der Waals surface area contributed by atoms with Gasteiger partial charge in [-0.25, -0.2) is 4.39 Å². The highest BCUT2D eigenvalue weighted by molar-refractivity contribution is 5.34. The smallest absolute Gasteiger partial charge is 0.123 e. The summed E-state index contributed by atoms with van der Waals surface area (Å²) in [4.78, 5) is 2.13. The SMILES string of the molecule is CC(CCN(C)C)NC(C)c1cc(F)ccc1O. The van der Waals surface area contributed by atoms with Gasteiger partial charge in [0, 0.05) is 17.6 Å². The molecule has 4 heteroatoms. The van der Waals surface area contributed by atoms with Crippen molar-refractivity contribution >= 4 is 0 Å². The number of hydrogen-bond acceptors (Lipinski definition) is 3. The molecule has 1 rings (SSSR count). The van der Waals surface area contributed by atoms with E-state index in [1.165, 1.54) is 18.2 Å². The molecule has 0 aromatic heterocycles. The maximum Gasteiger partial charge on any atom is 0.123 e. The van der Waals surface area contributed by atoms with E-state index >= 15 is 0 Å². The molecule has 2 unspecified atom stereocenters. The fraction of sp³-hybridized carbons (Fsp3) is 0.571. The van der Waals surface area contributed by atoms with Gasteiger partial charge in [0.15, 0.2) is 0 Å². The minimum absolute atomic E-state index is 0.0714. The Balaban J connectivity index is 2.58. The predicted octanol–water partition coefficient (Wildman–Crippen LogP) is 2.52. The molecule has 0 aliphatic rings. The average Bonchev–Trinajstić information content (AvgIpc) is 2.29. The van der Waals surface area contributed by atoms with Crippen molar-refractivity contribution in [2.45, 2.75) is 32.4 Å². The predicted molar refractivity (Wildman–Crippen MR) is 72.2 cm³/mol. The van der Waals surface area contributed by atoms with Gasteiger partial charge in [0.05, 0.1) is 0 Å². The summed E-state index contributed by atoms with van der Waals surface area (Å²) in [6.45, 7) is 5.02. The zero-order valence-corrected chi connectivity index (χ0v) is 11.6. The maximum atomic E-state index is 13.2. The highest BCUT2D eigenvalue weighted by atomic mass is 19.1. The lowest BCUT2D eigenvalue weighted by molar-refractivity contribution is 0.351. The molecule has 0 saturated carbocycles. The van der Waals surface area contributed by atoms with Crippen LogP contribution in [0.3, 0.4) is 0 Å². The number of aromatic hydroxyl groups is 1. The lowest BCUT2D eigenvalue weighted by Gasteiger charge is -2.22. The van der Waals surface area contributed by atoms with Crippen molar-refractivity contribution in [3.63, 3.8) is 0 Å². The zero-order valence-electron chi connectivity index (χ0n) is 11.6. The van der Waals surface area contributed by atoms with Crippen LogP contribution in [0.4, 0.5) is 4.39 Å².